The average molecular weight is 365 g/mol. The third-order valence-corrected chi connectivity index (χ3v) is 4.41. The number of benzene rings is 1. The van der Waals surface area contributed by atoms with Crippen LogP contribution in [-0.4, -0.2) is 37.7 Å². The van der Waals surface area contributed by atoms with Crippen molar-refractivity contribution in [2.75, 3.05) is 13.7 Å². The summed E-state index contributed by atoms with van der Waals surface area (Å²) in [6.45, 7) is 1.92. The van der Waals surface area contributed by atoms with Crippen LogP contribution in [0.2, 0.25) is 0 Å². The zero-order chi connectivity index (χ0) is 18.4. The summed E-state index contributed by atoms with van der Waals surface area (Å²) in [5.41, 5.74) is 2.04. The first kappa shape index (κ1) is 19.2. The van der Waals surface area contributed by atoms with Gasteiger partial charge in [0.25, 0.3) is 0 Å². The van der Waals surface area contributed by atoms with E-state index in [9.17, 15) is 17.9 Å². The highest BCUT2D eigenvalue weighted by Crippen LogP contribution is 2.12. The number of rotatable bonds is 7. The third-order valence-electron chi connectivity index (χ3n) is 3.68. The lowest BCUT2D eigenvalue weighted by atomic mass is 10.1. The summed E-state index contributed by atoms with van der Waals surface area (Å²) in [6.07, 6.45) is 1.72. The SMILES string of the molecule is COC(=O)c1ccc(CN(CCc2ccc(C)c(F)c2)S(=O)[O-])nc1. The third kappa shape index (κ3) is 5.42. The molecule has 0 spiro atoms. The highest BCUT2D eigenvalue weighted by molar-refractivity contribution is 7.76. The number of methoxy groups -OCH3 is 1. The van der Waals surface area contributed by atoms with Crippen LogP contribution in [0.1, 0.15) is 27.2 Å². The number of hydrogen-bond donors (Lipinski definition) is 0. The van der Waals surface area contributed by atoms with Crippen LogP contribution in [0, 0.1) is 12.7 Å². The van der Waals surface area contributed by atoms with Crippen LogP contribution >= 0.6 is 0 Å². The smallest absolute Gasteiger partial charge is 0.339 e. The van der Waals surface area contributed by atoms with Gasteiger partial charge in [-0.05, 0) is 42.7 Å². The largest absolute Gasteiger partial charge is 0.760 e. The van der Waals surface area contributed by atoms with E-state index >= 15 is 0 Å². The Morgan fingerprint density at radius 2 is 2.12 bits per heavy atom. The van der Waals surface area contributed by atoms with Gasteiger partial charge in [0.1, 0.15) is 5.82 Å². The summed E-state index contributed by atoms with van der Waals surface area (Å²) in [4.78, 5) is 15.4. The van der Waals surface area contributed by atoms with Crippen LogP contribution in [0.25, 0.3) is 0 Å². The van der Waals surface area contributed by atoms with Crippen molar-refractivity contribution in [3.63, 3.8) is 0 Å². The Kier molecular flexibility index (Phi) is 6.74. The van der Waals surface area contributed by atoms with Gasteiger partial charge in [-0.15, -0.1) is 0 Å². The number of pyridine rings is 1. The molecule has 0 N–H and O–H groups in total. The number of halogens is 1. The second-order valence-corrected chi connectivity index (χ2v) is 6.39. The first-order valence-electron chi connectivity index (χ1n) is 7.53. The molecule has 0 aliphatic carbocycles. The van der Waals surface area contributed by atoms with E-state index in [0.29, 0.717) is 23.2 Å². The summed E-state index contributed by atoms with van der Waals surface area (Å²) < 4.78 is 42.2. The lowest BCUT2D eigenvalue weighted by molar-refractivity contribution is 0.0600. The number of aryl methyl sites for hydroxylation is 1. The molecule has 2 aromatic rings. The van der Waals surface area contributed by atoms with Crippen LogP contribution in [0.4, 0.5) is 4.39 Å². The van der Waals surface area contributed by atoms with Crippen LogP contribution in [0.15, 0.2) is 36.5 Å². The fourth-order valence-electron chi connectivity index (χ4n) is 2.19. The Labute approximate surface area is 148 Å². The van der Waals surface area contributed by atoms with Crippen molar-refractivity contribution in [2.24, 2.45) is 0 Å². The molecule has 1 aromatic carbocycles. The van der Waals surface area contributed by atoms with Gasteiger partial charge >= 0.3 is 5.97 Å². The zero-order valence-corrected chi connectivity index (χ0v) is 14.7. The number of carbonyl (C=O) groups excluding carboxylic acids is 1. The van der Waals surface area contributed by atoms with Crippen molar-refractivity contribution in [3.05, 3.63) is 64.7 Å². The van der Waals surface area contributed by atoms with Crippen molar-refractivity contribution in [1.82, 2.24) is 9.29 Å². The van der Waals surface area contributed by atoms with E-state index in [0.717, 1.165) is 0 Å². The van der Waals surface area contributed by atoms with Crippen molar-refractivity contribution < 1.29 is 22.7 Å². The van der Waals surface area contributed by atoms with Gasteiger partial charge < -0.3 is 9.29 Å². The fourth-order valence-corrected chi connectivity index (χ4v) is 2.67. The van der Waals surface area contributed by atoms with Crippen LogP contribution in [-0.2, 0) is 29.0 Å². The average Bonchev–Trinajstić information content (AvgIpc) is 2.61. The molecule has 1 heterocycles. The summed E-state index contributed by atoms with van der Waals surface area (Å²) in [5.74, 6) is -0.822. The highest BCUT2D eigenvalue weighted by Gasteiger charge is 2.11. The molecule has 8 heteroatoms. The predicted molar refractivity (Wildman–Crippen MR) is 89.7 cm³/mol. The molecule has 0 radical (unpaired) electrons. The fraction of sp³-hybridized carbons (Fsp3) is 0.294. The summed E-state index contributed by atoms with van der Waals surface area (Å²) in [6, 6.07) is 7.93. The van der Waals surface area contributed by atoms with E-state index in [1.807, 2.05) is 0 Å². The van der Waals surface area contributed by atoms with E-state index < -0.39 is 17.2 Å². The van der Waals surface area contributed by atoms with E-state index in [1.165, 1.54) is 29.7 Å². The Balaban J connectivity index is 2.01. The van der Waals surface area contributed by atoms with E-state index in [-0.39, 0.29) is 24.5 Å². The molecule has 0 fully saturated rings. The zero-order valence-electron chi connectivity index (χ0n) is 13.9. The predicted octanol–water partition coefficient (Wildman–Crippen LogP) is 2.15. The van der Waals surface area contributed by atoms with Gasteiger partial charge in [-0.3, -0.25) is 9.19 Å². The molecule has 0 amide bonds. The minimum Gasteiger partial charge on any atom is -0.760 e. The lowest BCUT2D eigenvalue weighted by Crippen LogP contribution is -2.28. The minimum atomic E-state index is -2.45. The van der Waals surface area contributed by atoms with Crippen molar-refractivity contribution in [1.29, 1.82) is 0 Å². The molecule has 134 valence electrons. The van der Waals surface area contributed by atoms with Crippen LogP contribution in [0.3, 0.4) is 0 Å². The summed E-state index contributed by atoms with van der Waals surface area (Å²) in [5, 5.41) is 0. The second kappa shape index (κ2) is 8.80. The van der Waals surface area contributed by atoms with E-state index in [2.05, 4.69) is 9.72 Å². The molecule has 1 unspecified atom stereocenters. The number of ether oxygens (including phenoxy) is 1. The van der Waals surface area contributed by atoms with Gasteiger partial charge in [-0.25, -0.2) is 13.5 Å². The van der Waals surface area contributed by atoms with Gasteiger partial charge in [-0.1, -0.05) is 12.1 Å². The lowest BCUT2D eigenvalue weighted by Gasteiger charge is -2.23. The Morgan fingerprint density at radius 1 is 1.36 bits per heavy atom. The topological polar surface area (TPSA) is 82.6 Å². The van der Waals surface area contributed by atoms with E-state index in [4.69, 9.17) is 0 Å². The molecule has 6 nitrogen and oxygen atoms in total. The Morgan fingerprint density at radius 3 is 2.68 bits per heavy atom. The molecule has 2 rings (SSSR count). The normalized spacial score (nSPS) is 12.2. The van der Waals surface area contributed by atoms with Crippen LogP contribution < -0.4 is 0 Å². The van der Waals surface area contributed by atoms with Gasteiger partial charge in [-0.2, -0.15) is 0 Å². The molecule has 25 heavy (non-hydrogen) atoms. The van der Waals surface area contributed by atoms with Gasteiger partial charge in [0.2, 0.25) is 0 Å². The van der Waals surface area contributed by atoms with Gasteiger partial charge in [0, 0.05) is 24.0 Å². The number of nitrogens with zero attached hydrogens (tertiary/aromatic N) is 2. The first-order chi connectivity index (χ1) is 11.9. The van der Waals surface area contributed by atoms with Crippen molar-refractivity contribution >= 4 is 17.2 Å². The molecule has 1 atom stereocenters. The molecule has 0 saturated heterocycles. The second-order valence-electron chi connectivity index (χ2n) is 5.44. The maximum Gasteiger partial charge on any atom is 0.339 e. The maximum atomic E-state index is 13.6. The number of carbonyl (C=O) groups is 1. The highest BCUT2D eigenvalue weighted by atomic mass is 32.2. The quantitative estimate of drug-likeness (QED) is 0.555. The monoisotopic (exact) mass is 365 g/mol. The Bertz CT molecular complexity index is 768. The maximum absolute atomic E-state index is 13.6. The summed E-state index contributed by atoms with van der Waals surface area (Å²) in [7, 11) is 1.27. The molecule has 0 bridgehead atoms. The van der Waals surface area contributed by atoms with Crippen LogP contribution in [0.5, 0.6) is 0 Å². The number of hydrogen-bond acceptors (Lipinski definition) is 5. The number of aromatic nitrogens is 1. The van der Waals surface area contributed by atoms with E-state index in [1.54, 1.807) is 25.1 Å². The summed E-state index contributed by atoms with van der Waals surface area (Å²) >= 11 is -2.45. The van der Waals surface area contributed by atoms with Gasteiger partial charge in [0.05, 0.1) is 24.9 Å². The first-order valence-corrected chi connectivity index (χ1v) is 8.56. The number of esters is 1. The Hall–Kier alpha value is -2.16. The molecule has 0 aliphatic heterocycles. The van der Waals surface area contributed by atoms with Gasteiger partial charge in [0.15, 0.2) is 0 Å². The van der Waals surface area contributed by atoms with Crippen molar-refractivity contribution in [3.8, 4) is 0 Å². The molecular formula is C17H18FN2O4S-. The molecular weight excluding hydrogens is 347 g/mol. The minimum absolute atomic E-state index is 0.0614. The molecule has 0 saturated carbocycles. The molecule has 1 aromatic heterocycles. The van der Waals surface area contributed by atoms with Crippen molar-refractivity contribution in [2.45, 2.75) is 19.9 Å². The molecule has 0 aliphatic rings. The standard InChI is InChI=1S/C17H19FN2O4S/c1-12-3-4-13(9-16(12)18)7-8-20(25(22)23)11-15-6-5-14(10-19-15)17(21)24-2/h3-6,9-10H,7-8,11H2,1-2H3,(H,22,23)/p-1.